The fourth-order valence-corrected chi connectivity index (χ4v) is 4.21. The minimum Gasteiger partial charge on any atom is -0.383 e. The lowest BCUT2D eigenvalue weighted by atomic mass is 10.1. The van der Waals surface area contributed by atoms with Gasteiger partial charge in [0.05, 0.1) is 17.2 Å². The Labute approximate surface area is 196 Å². The first kappa shape index (κ1) is 22.8. The van der Waals surface area contributed by atoms with Gasteiger partial charge in [-0.25, -0.2) is 14.1 Å². The average molecular weight is 465 g/mol. The van der Waals surface area contributed by atoms with Gasteiger partial charge >= 0.3 is 0 Å². The molecule has 0 N–H and O–H groups in total. The van der Waals surface area contributed by atoms with Crippen molar-refractivity contribution in [2.45, 2.75) is 12.8 Å². The molecule has 2 heterocycles. The van der Waals surface area contributed by atoms with E-state index in [0.717, 1.165) is 17.7 Å². The van der Waals surface area contributed by atoms with Crippen LogP contribution in [0.1, 0.15) is 22.6 Å². The molecule has 0 fully saturated rings. The van der Waals surface area contributed by atoms with Crippen molar-refractivity contribution in [2.75, 3.05) is 26.8 Å². The van der Waals surface area contributed by atoms with E-state index in [-0.39, 0.29) is 17.5 Å². The smallest absolute Gasteiger partial charge is 0.293 e. The van der Waals surface area contributed by atoms with E-state index in [9.17, 15) is 9.18 Å². The van der Waals surface area contributed by atoms with Crippen LogP contribution >= 0.6 is 11.3 Å². The Bertz CT molecular complexity index is 1160. The predicted molar refractivity (Wildman–Crippen MR) is 127 cm³/mol. The zero-order valence-corrected chi connectivity index (χ0v) is 19.2. The molecule has 0 unspecified atom stereocenters. The number of thiophene rings is 1. The lowest BCUT2D eigenvalue weighted by molar-refractivity contribution is 0.0681. The number of carbonyl (C=O) groups excluding carboxylic acids is 1. The number of benzene rings is 2. The third kappa shape index (κ3) is 5.71. The maximum Gasteiger partial charge on any atom is 0.293 e. The van der Waals surface area contributed by atoms with E-state index >= 15 is 0 Å². The summed E-state index contributed by atoms with van der Waals surface area (Å²) in [4.78, 5) is 20.6. The summed E-state index contributed by atoms with van der Waals surface area (Å²) in [6.45, 7) is 1.44. The summed E-state index contributed by atoms with van der Waals surface area (Å²) in [5.74, 6) is 0.0743. The highest BCUT2D eigenvalue weighted by atomic mass is 32.1. The third-order valence-corrected chi connectivity index (χ3v) is 6.07. The van der Waals surface area contributed by atoms with E-state index in [1.807, 2.05) is 35.7 Å². The minimum absolute atomic E-state index is 0.110. The van der Waals surface area contributed by atoms with Gasteiger partial charge in [-0.3, -0.25) is 4.79 Å². The van der Waals surface area contributed by atoms with Crippen LogP contribution in [0.3, 0.4) is 0 Å². The van der Waals surface area contributed by atoms with Crippen LogP contribution in [0.5, 0.6) is 0 Å². The number of methoxy groups -OCH3 is 1. The Morgan fingerprint density at radius 3 is 2.55 bits per heavy atom. The standard InChI is InChI=1S/C25H25FN4O2S/c1-32-17-16-29(15-5-9-19-7-3-2-4-8-19)25(31)23-27-24(22-10-6-18-33-22)30(28-23)21-13-11-20(26)12-14-21/h2-4,6-8,10-14,18H,5,9,15-17H2,1H3. The van der Waals surface area contributed by atoms with E-state index in [2.05, 4.69) is 22.2 Å². The molecule has 2 aromatic carbocycles. The lowest BCUT2D eigenvalue weighted by Crippen LogP contribution is -2.35. The van der Waals surface area contributed by atoms with Gasteiger partial charge in [-0.2, -0.15) is 0 Å². The molecular formula is C25H25FN4O2S. The molecule has 8 heteroatoms. The maximum atomic E-state index is 13.5. The zero-order valence-electron chi connectivity index (χ0n) is 18.4. The number of hydrogen-bond donors (Lipinski definition) is 0. The SMILES string of the molecule is COCCN(CCCc1ccccc1)C(=O)c1nc(-c2cccs2)n(-c2ccc(F)cc2)n1. The molecule has 4 rings (SSSR count). The lowest BCUT2D eigenvalue weighted by Gasteiger charge is -2.21. The van der Waals surface area contributed by atoms with Crippen molar-refractivity contribution in [2.24, 2.45) is 0 Å². The van der Waals surface area contributed by atoms with Gasteiger partial charge in [0.25, 0.3) is 5.91 Å². The number of ether oxygens (including phenoxy) is 1. The Balaban J connectivity index is 1.58. The average Bonchev–Trinajstić information content (AvgIpc) is 3.52. The highest BCUT2D eigenvalue weighted by molar-refractivity contribution is 7.13. The van der Waals surface area contributed by atoms with Crippen molar-refractivity contribution in [3.63, 3.8) is 0 Å². The Morgan fingerprint density at radius 2 is 1.85 bits per heavy atom. The molecule has 33 heavy (non-hydrogen) atoms. The normalized spacial score (nSPS) is 11.0. The van der Waals surface area contributed by atoms with Crippen molar-refractivity contribution in [1.82, 2.24) is 19.7 Å². The molecule has 0 atom stereocenters. The van der Waals surface area contributed by atoms with Crippen LogP contribution in [0.25, 0.3) is 16.4 Å². The van der Waals surface area contributed by atoms with E-state index in [0.29, 0.717) is 31.2 Å². The van der Waals surface area contributed by atoms with E-state index in [1.165, 1.54) is 29.0 Å². The molecule has 4 aromatic rings. The number of rotatable bonds is 10. The van der Waals surface area contributed by atoms with Crippen LogP contribution < -0.4 is 0 Å². The monoisotopic (exact) mass is 464 g/mol. The molecule has 0 aliphatic carbocycles. The van der Waals surface area contributed by atoms with Gasteiger partial charge in [0.1, 0.15) is 5.82 Å². The number of halogens is 1. The highest BCUT2D eigenvalue weighted by Gasteiger charge is 2.24. The molecule has 2 aromatic heterocycles. The van der Waals surface area contributed by atoms with Gasteiger partial charge in [-0.1, -0.05) is 36.4 Å². The van der Waals surface area contributed by atoms with Gasteiger partial charge in [-0.15, -0.1) is 16.4 Å². The van der Waals surface area contributed by atoms with Crippen molar-refractivity contribution >= 4 is 17.2 Å². The summed E-state index contributed by atoms with van der Waals surface area (Å²) >= 11 is 1.50. The number of aromatic nitrogens is 3. The van der Waals surface area contributed by atoms with Crippen molar-refractivity contribution in [3.05, 3.63) is 89.3 Å². The number of carbonyl (C=O) groups is 1. The largest absolute Gasteiger partial charge is 0.383 e. The number of nitrogens with zero attached hydrogens (tertiary/aromatic N) is 4. The van der Waals surface area contributed by atoms with Crippen LogP contribution in [0.4, 0.5) is 4.39 Å². The summed E-state index contributed by atoms with van der Waals surface area (Å²) in [5.41, 5.74) is 1.87. The summed E-state index contributed by atoms with van der Waals surface area (Å²) in [5, 5.41) is 6.46. The first-order chi connectivity index (χ1) is 16.2. The highest BCUT2D eigenvalue weighted by Crippen LogP contribution is 2.26. The molecule has 6 nitrogen and oxygen atoms in total. The number of aryl methyl sites for hydroxylation is 1. The molecule has 0 aliphatic rings. The molecule has 0 saturated heterocycles. The van der Waals surface area contributed by atoms with Gasteiger partial charge in [0.2, 0.25) is 5.82 Å². The second-order valence-corrected chi connectivity index (χ2v) is 8.45. The summed E-state index contributed by atoms with van der Waals surface area (Å²) in [6, 6.07) is 20.0. The zero-order chi connectivity index (χ0) is 23.0. The van der Waals surface area contributed by atoms with Gasteiger partial charge in [-0.05, 0) is 54.1 Å². The number of hydrogen-bond acceptors (Lipinski definition) is 5. The van der Waals surface area contributed by atoms with Gasteiger partial charge in [0.15, 0.2) is 5.82 Å². The van der Waals surface area contributed by atoms with Crippen molar-refractivity contribution in [3.8, 4) is 16.4 Å². The first-order valence-electron chi connectivity index (χ1n) is 10.7. The predicted octanol–water partition coefficient (Wildman–Crippen LogP) is 4.86. The number of amides is 1. The Kier molecular flexibility index (Phi) is 7.59. The summed E-state index contributed by atoms with van der Waals surface area (Å²) < 4.78 is 20.3. The third-order valence-electron chi connectivity index (χ3n) is 5.20. The molecule has 0 spiro atoms. The Morgan fingerprint density at radius 1 is 1.06 bits per heavy atom. The Hall–Kier alpha value is -3.36. The second-order valence-electron chi connectivity index (χ2n) is 7.50. The fourth-order valence-electron chi connectivity index (χ4n) is 3.51. The summed E-state index contributed by atoms with van der Waals surface area (Å²) in [6.07, 6.45) is 1.69. The molecule has 170 valence electrons. The van der Waals surface area contributed by atoms with Crippen molar-refractivity contribution in [1.29, 1.82) is 0 Å². The van der Waals surface area contributed by atoms with Crippen LogP contribution in [0.2, 0.25) is 0 Å². The van der Waals surface area contributed by atoms with Crippen LogP contribution in [0, 0.1) is 5.82 Å². The maximum absolute atomic E-state index is 13.5. The fraction of sp³-hybridized carbons (Fsp3) is 0.240. The molecule has 0 aliphatic heterocycles. The van der Waals surface area contributed by atoms with Crippen LogP contribution in [0.15, 0.2) is 72.1 Å². The van der Waals surface area contributed by atoms with Gasteiger partial charge < -0.3 is 9.64 Å². The van der Waals surface area contributed by atoms with Crippen molar-refractivity contribution < 1.29 is 13.9 Å². The second kappa shape index (κ2) is 11.0. The molecule has 1 amide bonds. The molecule has 0 saturated carbocycles. The van der Waals surface area contributed by atoms with E-state index < -0.39 is 0 Å². The summed E-state index contributed by atoms with van der Waals surface area (Å²) in [7, 11) is 1.61. The van der Waals surface area contributed by atoms with Gasteiger partial charge in [0, 0.05) is 20.2 Å². The first-order valence-corrected chi connectivity index (χ1v) is 11.6. The quantitative estimate of drug-likeness (QED) is 0.336. The van der Waals surface area contributed by atoms with E-state index in [1.54, 1.807) is 28.8 Å². The molecular weight excluding hydrogens is 439 g/mol. The molecule has 0 radical (unpaired) electrons. The minimum atomic E-state index is -0.336. The van der Waals surface area contributed by atoms with Crippen LogP contribution in [-0.4, -0.2) is 52.4 Å². The topological polar surface area (TPSA) is 60.2 Å². The van der Waals surface area contributed by atoms with E-state index in [4.69, 9.17) is 4.74 Å². The molecule has 0 bridgehead atoms. The van der Waals surface area contributed by atoms with Crippen LogP contribution in [-0.2, 0) is 11.2 Å².